The quantitative estimate of drug-likeness (QED) is 0.709. The molecule has 0 saturated carbocycles. The van der Waals surface area contributed by atoms with Gasteiger partial charge in [-0.15, -0.1) is 0 Å². The molecule has 0 atom stereocenters. The van der Waals surface area contributed by atoms with Crippen LogP contribution in [0.25, 0.3) is 0 Å². The molecule has 2 N–H and O–H groups in total. The van der Waals surface area contributed by atoms with E-state index in [9.17, 15) is 26.4 Å². The smallest absolute Gasteiger partial charge is 0.405 e. The molecule has 0 unspecified atom stereocenters. The first kappa shape index (κ1) is 21.0. The Hall–Kier alpha value is -2.01. The van der Waals surface area contributed by atoms with E-state index in [2.05, 4.69) is 5.32 Å². The van der Waals surface area contributed by atoms with Gasteiger partial charge in [0, 0.05) is 19.8 Å². The normalized spacial score (nSPS) is 12.1. The molecule has 0 radical (unpaired) electrons. The van der Waals surface area contributed by atoms with Crippen LogP contribution in [-0.2, 0) is 14.8 Å². The third kappa shape index (κ3) is 6.42. The predicted octanol–water partition coefficient (Wildman–Crippen LogP) is 1.43. The van der Waals surface area contributed by atoms with Crippen molar-refractivity contribution >= 4 is 21.6 Å². The maximum absolute atomic E-state index is 12.3. The summed E-state index contributed by atoms with van der Waals surface area (Å²) in [4.78, 5) is 11.3. The van der Waals surface area contributed by atoms with Gasteiger partial charge in [0.15, 0.2) is 0 Å². The molecule has 7 nitrogen and oxygen atoms in total. The Labute approximate surface area is 144 Å². The molecule has 1 rings (SSSR count). The largest absolute Gasteiger partial charge is 0.492 e. The van der Waals surface area contributed by atoms with Crippen LogP contribution in [0.4, 0.5) is 18.9 Å². The van der Waals surface area contributed by atoms with Gasteiger partial charge >= 0.3 is 6.18 Å². The van der Waals surface area contributed by atoms with Gasteiger partial charge in [-0.3, -0.25) is 4.79 Å². The SMILES string of the molecule is CCOc1ccc(NCC(=O)NCC(F)(F)F)cc1S(=O)(=O)N(C)C. The first-order valence-corrected chi connectivity index (χ1v) is 8.68. The summed E-state index contributed by atoms with van der Waals surface area (Å²) in [5.41, 5.74) is 0.256. The van der Waals surface area contributed by atoms with Crippen LogP contribution in [0.2, 0.25) is 0 Å². The minimum absolute atomic E-state index is 0.111. The molecular formula is C14H20F3N3O4S. The number of carbonyl (C=O) groups excluding carboxylic acids is 1. The summed E-state index contributed by atoms with van der Waals surface area (Å²) in [5, 5.41) is 4.29. The number of hydrogen-bond donors (Lipinski definition) is 2. The van der Waals surface area contributed by atoms with E-state index in [4.69, 9.17) is 4.74 Å². The first-order valence-electron chi connectivity index (χ1n) is 7.24. The number of carbonyl (C=O) groups is 1. The van der Waals surface area contributed by atoms with E-state index >= 15 is 0 Å². The lowest BCUT2D eigenvalue weighted by molar-refractivity contribution is -0.137. The van der Waals surface area contributed by atoms with Crippen LogP contribution >= 0.6 is 0 Å². The van der Waals surface area contributed by atoms with E-state index in [1.54, 1.807) is 12.2 Å². The van der Waals surface area contributed by atoms with E-state index < -0.39 is 35.2 Å². The molecule has 0 heterocycles. The van der Waals surface area contributed by atoms with Crippen LogP contribution in [0, 0.1) is 0 Å². The number of ether oxygens (including phenoxy) is 1. The molecule has 1 aromatic carbocycles. The van der Waals surface area contributed by atoms with E-state index in [1.165, 1.54) is 32.3 Å². The number of sulfonamides is 1. The van der Waals surface area contributed by atoms with Crippen molar-refractivity contribution in [2.75, 3.05) is 39.1 Å². The number of halogens is 3. The summed E-state index contributed by atoms with van der Waals surface area (Å²) in [5.74, 6) is -0.730. The fourth-order valence-electron chi connectivity index (χ4n) is 1.73. The molecule has 1 aromatic rings. The number of rotatable bonds is 8. The highest BCUT2D eigenvalue weighted by Crippen LogP contribution is 2.29. The summed E-state index contributed by atoms with van der Waals surface area (Å²) in [6, 6.07) is 4.14. The monoisotopic (exact) mass is 383 g/mol. The van der Waals surface area contributed by atoms with Crippen LogP contribution < -0.4 is 15.4 Å². The molecule has 0 aliphatic rings. The Morgan fingerprint density at radius 2 is 1.92 bits per heavy atom. The zero-order chi connectivity index (χ0) is 19.3. The Morgan fingerprint density at radius 1 is 1.28 bits per heavy atom. The Bertz CT molecular complexity index is 706. The molecular weight excluding hydrogens is 363 g/mol. The van der Waals surface area contributed by atoms with Crippen molar-refractivity contribution < 1.29 is 31.1 Å². The lowest BCUT2D eigenvalue weighted by Crippen LogP contribution is -2.37. The average Bonchev–Trinajstić information content (AvgIpc) is 2.51. The van der Waals surface area contributed by atoms with E-state index in [-0.39, 0.29) is 22.9 Å². The predicted molar refractivity (Wildman–Crippen MR) is 86.0 cm³/mol. The van der Waals surface area contributed by atoms with Crippen molar-refractivity contribution in [3.63, 3.8) is 0 Å². The minimum Gasteiger partial charge on any atom is -0.492 e. The van der Waals surface area contributed by atoms with E-state index in [1.807, 2.05) is 0 Å². The van der Waals surface area contributed by atoms with Crippen LogP contribution in [-0.4, -0.2) is 58.6 Å². The van der Waals surface area contributed by atoms with Gasteiger partial charge in [-0.05, 0) is 25.1 Å². The number of nitrogens with zero attached hydrogens (tertiary/aromatic N) is 1. The van der Waals surface area contributed by atoms with Crippen molar-refractivity contribution in [1.29, 1.82) is 0 Å². The van der Waals surface area contributed by atoms with Crippen LogP contribution in [0.1, 0.15) is 6.92 Å². The molecule has 142 valence electrons. The van der Waals surface area contributed by atoms with Gasteiger partial charge < -0.3 is 15.4 Å². The van der Waals surface area contributed by atoms with Gasteiger partial charge in [-0.1, -0.05) is 0 Å². The summed E-state index contributed by atoms with van der Waals surface area (Å²) < 4.78 is 67.1. The van der Waals surface area contributed by atoms with Crippen molar-refractivity contribution in [2.24, 2.45) is 0 Å². The fourth-order valence-corrected chi connectivity index (χ4v) is 2.79. The molecule has 0 aromatic heterocycles. The third-order valence-electron chi connectivity index (χ3n) is 2.94. The van der Waals surface area contributed by atoms with Crippen LogP contribution in [0.15, 0.2) is 23.1 Å². The van der Waals surface area contributed by atoms with Crippen molar-refractivity contribution in [2.45, 2.75) is 18.0 Å². The lowest BCUT2D eigenvalue weighted by atomic mass is 10.3. The molecule has 0 fully saturated rings. The van der Waals surface area contributed by atoms with Crippen molar-refractivity contribution in [3.8, 4) is 5.75 Å². The Kier molecular flexibility index (Phi) is 7.06. The highest BCUT2D eigenvalue weighted by Gasteiger charge is 2.27. The van der Waals surface area contributed by atoms with Crippen molar-refractivity contribution in [1.82, 2.24) is 9.62 Å². The Balaban J connectivity index is 2.91. The second-order valence-corrected chi connectivity index (χ2v) is 7.25. The highest BCUT2D eigenvalue weighted by molar-refractivity contribution is 7.89. The van der Waals surface area contributed by atoms with Crippen molar-refractivity contribution in [3.05, 3.63) is 18.2 Å². The maximum Gasteiger partial charge on any atom is 0.405 e. The van der Waals surface area contributed by atoms with Gasteiger partial charge in [0.1, 0.15) is 17.2 Å². The zero-order valence-electron chi connectivity index (χ0n) is 14.0. The number of alkyl halides is 3. The fraction of sp³-hybridized carbons (Fsp3) is 0.500. The van der Waals surface area contributed by atoms with Gasteiger partial charge in [-0.25, -0.2) is 12.7 Å². The van der Waals surface area contributed by atoms with E-state index in [0.29, 0.717) is 0 Å². The van der Waals surface area contributed by atoms with E-state index in [0.717, 1.165) is 4.31 Å². The maximum atomic E-state index is 12.3. The first-order chi connectivity index (χ1) is 11.5. The summed E-state index contributed by atoms with van der Waals surface area (Å²) in [6.45, 7) is 0.0777. The standard InChI is InChI=1S/C14H20F3N3O4S/c1-4-24-11-6-5-10(7-12(11)25(22,23)20(2)3)18-8-13(21)19-9-14(15,16)17/h5-7,18H,4,8-9H2,1-3H3,(H,19,21). The summed E-state index contributed by atoms with van der Waals surface area (Å²) in [7, 11) is -1.09. The minimum atomic E-state index is -4.50. The van der Waals surface area contributed by atoms with Gasteiger partial charge in [0.25, 0.3) is 0 Å². The second kappa shape index (κ2) is 8.39. The third-order valence-corrected chi connectivity index (χ3v) is 4.78. The molecule has 0 aliphatic carbocycles. The lowest BCUT2D eigenvalue weighted by Gasteiger charge is -2.17. The Morgan fingerprint density at radius 3 is 2.44 bits per heavy atom. The highest BCUT2D eigenvalue weighted by atomic mass is 32.2. The topological polar surface area (TPSA) is 87.7 Å². The molecule has 0 bridgehead atoms. The summed E-state index contributed by atoms with van der Waals surface area (Å²) >= 11 is 0. The molecule has 11 heteroatoms. The number of anilines is 1. The second-order valence-electron chi connectivity index (χ2n) is 5.13. The number of benzene rings is 1. The molecule has 0 saturated heterocycles. The average molecular weight is 383 g/mol. The number of nitrogens with one attached hydrogen (secondary N) is 2. The van der Waals surface area contributed by atoms with Gasteiger partial charge in [0.05, 0.1) is 13.2 Å². The van der Waals surface area contributed by atoms with Gasteiger partial charge in [0.2, 0.25) is 15.9 Å². The molecule has 1 amide bonds. The molecule has 0 aliphatic heterocycles. The van der Waals surface area contributed by atoms with Gasteiger partial charge in [-0.2, -0.15) is 13.2 Å². The molecule has 25 heavy (non-hydrogen) atoms. The summed E-state index contributed by atoms with van der Waals surface area (Å²) in [6.07, 6.45) is -4.50. The number of amides is 1. The van der Waals surface area contributed by atoms with Crippen LogP contribution in [0.3, 0.4) is 0 Å². The molecule has 0 spiro atoms. The van der Waals surface area contributed by atoms with Crippen LogP contribution in [0.5, 0.6) is 5.75 Å². The number of hydrogen-bond acceptors (Lipinski definition) is 5. The zero-order valence-corrected chi connectivity index (χ0v) is 14.8.